The van der Waals surface area contributed by atoms with Gasteiger partial charge in [0.1, 0.15) is 51.7 Å². The van der Waals surface area contributed by atoms with Crippen LogP contribution >= 0.6 is 0 Å². The monoisotopic (exact) mass is 807 g/mol. The van der Waals surface area contributed by atoms with Gasteiger partial charge in [-0.2, -0.15) is 0 Å². The maximum absolute atomic E-state index is 12.8. The van der Waals surface area contributed by atoms with E-state index >= 15 is 0 Å². The highest BCUT2D eigenvalue weighted by molar-refractivity contribution is 5.92. The van der Waals surface area contributed by atoms with Crippen LogP contribution in [0.2, 0.25) is 0 Å². The molecule has 0 bridgehead atoms. The van der Waals surface area contributed by atoms with Crippen molar-refractivity contribution in [3.8, 4) is 69.8 Å². The molecule has 7 aromatic rings. The molecule has 0 amide bonds. The van der Waals surface area contributed by atoms with E-state index in [-0.39, 0.29) is 52.0 Å². The standard InChI is InChI=1S/C45H33N3O12/c1-52-31-16-22-34(23-17-31)55-40(49)28-4-10-37(11-5-28)58-43-46-44(59-38-12-6-29(7-13-38)41(50)56-35-24-18-32(53-2)19-25-35)48-45(47-43)60-39-14-8-30(9-15-39)42(51)57-36-26-20-33(54-3)21-27-36/h4-27H,1-3H3. The molecule has 0 spiro atoms. The largest absolute Gasteiger partial charge is 0.497 e. The Balaban J connectivity index is 1.07. The van der Waals surface area contributed by atoms with E-state index in [1.54, 1.807) is 94.1 Å². The molecule has 15 nitrogen and oxygen atoms in total. The predicted molar refractivity (Wildman–Crippen MR) is 213 cm³/mol. The number of esters is 3. The highest BCUT2D eigenvalue weighted by atomic mass is 16.6. The number of methoxy groups -OCH3 is 3. The van der Waals surface area contributed by atoms with Gasteiger partial charge in [-0.3, -0.25) is 0 Å². The summed E-state index contributed by atoms with van der Waals surface area (Å²) in [6.45, 7) is 0. The average molecular weight is 808 g/mol. The summed E-state index contributed by atoms with van der Waals surface area (Å²) in [7, 11) is 4.63. The first-order valence-corrected chi connectivity index (χ1v) is 17.9. The Hall–Kier alpha value is -8.46. The number of nitrogens with zero attached hydrogens (tertiary/aromatic N) is 3. The first-order chi connectivity index (χ1) is 29.2. The molecule has 1 heterocycles. The zero-order valence-corrected chi connectivity index (χ0v) is 32.1. The molecule has 0 N–H and O–H groups in total. The maximum atomic E-state index is 12.8. The summed E-state index contributed by atoms with van der Waals surface area (Å²) in [5.41, 5.74) is 0.776. The van der Waals surface area contributed by atoms with Crippen molar-refractivity contribution in [3.05, 3.63) is 162 Å². The Morgan fingerprint density at radius 3 is 0.717 bits per heavy atom. The van der Waals surface area contributed by atoms with Crippen LogP contribution in [-0.4, -0.2) is 54.2 Å². The van der Waals surface area contributed by atoms with E-state index in [4.69, 9.17) is 42.6 Å². The summed E-state index contributed by atoms with van der Waals surface area (Å²) in [5, 5.41) is 0. The van der Waals surface area contributed by atoms with Gasteiger partial charge in [0.05, 0.1) is 38.0 Å². The fourth-order valence-electron chi connectivity index (χ4n) is 5.18. The first kappa shape index (κ1) is 39.8. The highest BCUT2D eigenvalue weighted by Gasteiger charge is 2.17. The second-order valence-electron chi connectivity index (χ2n) is 12.3. The molecule has 6 aromatic carbocycles. The van der Waals surface area contributed by atoms with Gasteiger partial charge in [0.15, 0.2) is 0 Å². The molecular weight excluding hydrogens is 775 g/mol. The molecule has 0 aliphatic rings. The Morgan fingerprint density at radius 1 is 0.300 bits per heavy atom. The van der Waals surface area contributed by atoms with E-state index in [9.17, 15) is 14.4 Å². The van der Waals surface area contributed by atoms with Crippen molar-refractivity contribution in [2.24, 2.45) is 0 Å². The molecule has 1 aromatic heterocycles. The van der Waals surface area contributed by atoms with Crippen LogP contribution < -0.4 is 42.6 Å². The van der Waals surface area contributed by atoms with Crippen molar-refractivity contribution in [2.75, 3.05) is 21.3 Å². The van der Waals surface area contributed by atoms with E-state index in [2.05, 4.69) is 15.0 Å². The van der Waals surface area contributed by atoms with Gasteiger partial charge >= 0.3 is 35.9 Å². The van der Waals surface area contributed by atoms with Crippen LogP contribution in [0, 0.1) is 0 Å². The zero-order chi connectivity index (χ0) is 41.8. The number of carbonyl (C=O) groups excluding carboxylic acids is 3. The van der Waals surface area contributed by atoms with E-state index < -0.39 is 17.9 Å². The lowest BCUT2D eigenvalue weighted by Crippen LogP contribution is -2.08. The van der Waals surface area contributed by atoms with Gasteiger partial charge in [0.2, 0.25) is 0 Å². The van der Waals surface area contributed by atoms with Crippen LogP contribution in [0.15, 0.2) is 146 Å². The number of rotatable bonds is 15. The van der Waals surface area contributed by atoms with Crippen molar-refractivity contribution >= 4 is 17.9 Å². The van der Waals surface area contributed by atoms with Gasteiger partial charge in [0.25, 0.3) is 0 Å². The summed E-state index contributed by atoms with van der Waals surface area (Å²) in [6, 6.07) is 37.4. The number of aromatic nitrogens is 3. The number of ether oxygens (including phenoxy) is 9. The number of carbonyl (C=O) groups is 3. The number of benzene rings is 6. The molecule has 7 rings (SSSR count). The maximum Gasteiger partial charge on any atom is 0.343 e. The number of hydrogen-bond acceptors (Lipinski definition) is 15. The molecule has 0 saturated heterocycles. The van der Waals surface area contributed by atoms with E-state index in [1.165, 1.54) is 72.8 Å². The minimum atomic E-state index is -0.585. The molecular formula is C45H33N3O12. The van der Waals surface area contributed by atoms with Gasteiger partial charge in [-0.15, -0.1) is 15.0 Å². The molecule has 0 fully saturated rings. The Kier molecular flexibility index (Phi) is 12.4. The minimum absolute atomic E-state index is 0.220. The third-order valence-corrected chi connectivity index (χ3v) is 8.28. The van der Waals surface area contributed by atoms with Crippen LogP contribution in [0.5, 0.6) is 69.8 Å². The average Bonchev–Trinajstić information content (AvgIpc) is 3.28. The van der Waals surface area contributed by atoms with Crippen molar-refractivity contribution < 1.29 is 57.0 Å². The molecule has 0 aliphatic carbocycles. The topological polar surface area (TPSA) is 173 Å². The van der Waals surface area contributed by atoms with Crippen LogP contribution in [0.4, 0.5) is 0 Å². The summed E-state index contributed by atoms with van der Waals surface area (Å²) in [6.07, 6.45) is 0. The second-order valence-corrected chi connectivity index (χ2v) is 12.3. The van der Waals surface area contributed by atoms with Crippen LogP contribution in [0.3, 0.4) is 0 Å². The van der Waals surface area contributed by atoms with Crippen LogP contribution in [-0.2, 0) is 0 Å². The molecule has 60 heavy (non-hydrogen) atoms. The van der Waals surface area contributed by atoms with Gasteiger partial charge in [-0.1, -0.05) is 0 Å². The lowest BCUT2D eigenvalue weighted by atomic mass is 10.2. The lowest BCUT2D eigenvalue weighted by Gasteiger charge is -2.11. The van der Waals surface area contributed by atoms with Gasteiger partial charge in [-0.05, 0) is 146 Å². The summed E-state index contributed by atoms with van der Waals surface area (Å²) in [5.74, 6) is 1.94. The highest BCUT2D eigenvalue weighted by Crippen LogP contribution is 2.29. The zero-order valence-electron chi connectivity index (χ0n) is 32.1. The summed E-state index contributed by atoms with van der Waals surface area (Å²) >= 11 is 0. The van der Waals surface area contributed by atoms with Crippen molar-refractivity contribution in [1.29, 1.82) is 0 Å². The molecule has 15 heteroatoms. The summed E-state index contributed by atoms with van der Waals surface area (Å²) in [4.78, 5) is 51.2. The number of hydrogen-bond donors (Lipinski definition) is 0. The van der Waals surface area contributed by atoms with E-state index in [0.717, 1.165) is 0 Å². The van der Waals surface area contributed by atoms with E-state index in [0.29, 0.717) is 34.5 Å². The van der Waals surface area contributed by atoms with Crippen molar-refractivity contribution in [1.82, 2.24) is 15.0 Å². The third kappa shape index (κ3) is 10.5. The van der Waals surface area contributed by atoms with Crippen molar-refractivity contribution in [2.45, 2.75) is 0 Å². The molecule has 0 aliphatic heterocycles. The normalized spacial score (nSPS) is 10.4. The van der Waals surface area contributed by atoms with Gasteiger partial charge < -0.3 is 42.6 Å². The second kappa shape index (κ2) is 18.7. The quantitative estimate of drug-likeness (QED) is 0.0709. The Bertz CT molecular complexity index is 2270. The third-order valence-electron chi connectivity index (χ3n) is 8.28. The SMILES string of the molecule is COc1ccc(OC(=O)c2ccc(Oc3nc(Oc4ccc(C(=O)Oc5ccc(OC)cc5)cc4)nc(Oc4ccc(C(=O)Oc5ccc(OC)cc5)cc4)n3)cc2)cc1. The van der Waals surface area contributed by atoms with Gasteiger partial charge in [0, 0.05) is 0 Å². The fourth-order valence-corrected chi connectivity index (χ4v) is 5.18. The molecule has 0 radical (unpaired) electrons. The van der Waals surface area contributed by atoms with E-state index in [1.807, 2.05) is 0 Å². The minimum Gasteiger partial charge on any atom is -0.497 e. The molecule has 0 saturated carbocycles. The smallest absolute Gasteiger partial charge is 0.343 e. The summed E-state index contributed by atoms with van der Waals surface area (Å²) < 4.78 is 49.6. The Labute approximate surface area is 342 Å². The lowest BCUT2D eigenvalue weighted by molar-refractivity contribution is 0.0725. The predicted octanol–water partition coefficient (Wildman–Crippen LogP) is 8.93. The molecule has 300 valence electrons. The Morgan fingerprint density at radius 2 is 0.500 bits per heavy atom. The van der Waals surface area contributed by atoms with Crippen LogP contribution in [0.25, 0.3) is 0 Å². The van der Waals surface area contributed by atoms with Crippen molar-refractivity contribution in [3.63, 3.8) is 0 Å². The fraction of sp³-hybridized carbons (Fsp3) is 0.0667. The van der Waals surface area contributed by atoms with Gasteiger partial charge in [-0.25, -0.2) is 14.4 Å². The molecule has 0 atom stereocenters. The first-order valence-electron chi connectivity index (χ1n) is 17.9. The molecule has 0 unspecified atom stereocenters. The van der Waals surface area contributed by atoms with Crippen LogP contribution in [0.1, 0.15) is 31.1 Å².